The molecule has 0 radical (unpaired) electrons. The molecular formula is C16H19N3O. The molecule has 1 aromatic heterocycles. The van der Waals surface area contributed by atoms with E-state index < -0.39 is 6.04 Å². The van der Waals surface area contributed by atoms with Crippen LogP contribution >= 0.6 is 0 Å². The molecule has 1 unspecified atom stereocenters. The number of hydrogen-bond acceptors (Lipinski definition) is 3. The van der Waals surface area contributed by atoms with Crippen molar-refractivity contribution in [2.24, 2.45) is 5.73 Å². The van der Waals surface area contributed by atoms with Gasteiger partial charge in [-0.25, -0.2) is 0 Å². The number of nitrogens with zero attached hydrogens (tertiary/aromatic N) is 1. The van der Waals surface area contributed by atoms with E-state index >= 15 is 0 Å². The van der Waals surface area contributed by atoms with Crippen LogP contribution in [0.2, 0.25) is 0 Å². The van der Waals surface area contributed by atoms with Crippen molar-refractivity contribution in [3.8, 4) is 0 Å². The lowest BCUT2D eigenvalue weighted by atomic mass is 10.0. The molecule has 1 aliphatic rings. The van der Waals surface area contributed by atoms with Crippen LogP contribution in [0.3, 0.4) is 0 Å². The van der Waals surface area contributed by atoms with Gasteiger partial charge in [-0.1, -0.05) is 37.1 Å². The third-order valence-electron chi connectivity index (χ3n) is 4.02. The van der Waals surface area contributed by atoms with Gasteiger partial charge in [-0.15, -0.1) is 0 Å². The Morgan fingerprint density at radius 3 is 2.75 bits per heavy atom. The first-order valence-corrected chi connectivity index (χ1v) is 7.15. The van der Waals surface area contributed by atoms with Crippen molar-refractivity contribution >= 4 is 16.8 Å². The van der Waals surface area contributed by atoms with Crippen LogP contribution in [0, 0.1) is 0 Å². The number of pyridine rings is 1. The predicted molar refractivity (Wildman–Crippen MR) is 79.1 cm³/mol. The van der Waals surface area contributed by atoms with E-state index in [4.69, 9.17) is 5.73 Å². The molecule has 0 aliphatic heterocycles. The maximum absolute atomic E-state index is 11.9. The lowest BCUT2D eigenvalue weighted by molar-refractivity contribution is -0.120. The van der Waals surface area contributed by atoms with E-state index in [-0.39, 0.29) is 5.91 Å². The first kappa shape index (κ1) is 13.1. The average molecular weight is 269 g/mol. The molecule has 1 aliphatic carbocycles. The number of para-hydroxylation sites is 1. The maximum atomic E-state index is 11.9. The van der Waals surface area contributed by atoms with Gasteiger partial charge in [-0.2, -0.15) is 0 Å². The number of carbonyl (C=O) groups is 1. The minimum Gasteiger partial charge on any atom is -0.368 e. The summed E-state index contributed by atoms with van der Waals surface area (Å²) >= 11 is 0. The fourth-order valence-corrected chi connectivity index (χ4v) is 3.01. The Kier molecular flexibility index (Phi) is 3.65. The van der Waals surface area contributed by atoms with Crippen LogP contribution in [-0.2, 0) is 4.79 Å². The summed E-state index contributed by atoms with van der Waals surface area (Å²) in [6.45, 7) is 0. The van der Waals surface area contributed by atoms with E-state index in [1.165, 1.54) is 12.8 Å². The second kappa shape index (κ2) is 5.59. The van der Waals surface area contributed by atoms with Gasteiger partial charge in [-0.05, 0) is 18.9 Å². The molecule has 2 aromatic rings. The maximum Gasteiger partial charge on any atom is 0.239 e. The van der Waals surface area contributed by atoms with Gasteiger partial charge in [0.1, 0.15) is 6.04 Å². The number of hydrogen-bond donors (Lipinski definition) is 2. The lowest BCUT2D eigenvalue weighted by Gasteiger charge is -2.21. The molecule has 20 heavy (non-hydrogen) atoms. The number of aromatic nitrogens is 1. The van der Waals surface area contributed by atoms with Gasteiger partial charge in [0.05, 0.1) is 5.52 Å². The van der Waals surface area contributed by atoms with Gasteiger partial charge in [-0.3, -0.25) is 15.1 Å². The summed E-state index contributed by atoms with van der Waals surface area (Å²) in [6, 6.07) is 9.70. The summed E-state index contributed by atoms with van der Waals surface area (Å²) in [6.07, 6.45) is 6.41. The second-order valence-electron chi connectivity index (χ2n) is 5.41. The zero-order valence-electron chi connectivity index (χ0n) is 11.4. The van der Waals surface area contributed by atoms with Crippen molar-refractivity contribution in [3.63, 3.8) is 0 Å². The molecule has 4 nitrogen and oxygen atoms in total. The van der Waals surface area contributed by atoms with Crippen LogP contribution in [0.15, 0.2) is 36.5 Å². The van der Waals surface area contributed by atoms with Gasteiger partial charge < -0.3 is 5.73 Å². The summed E-state index contributed by atoms with van der Waals surface area (Å²) in [5, 5.41) is 4.44. The highest BCUT2D eigenvalue weighted by Gasteiger charge is 2.25. The molecule has 1 heterocycles. The molecule has 104 valence electrons. The first-order chi connectivity index (χ1) is 9.75. The van der Waals surface area contributed by atoms with Crippen molar-refractivity contribution in [2.45, 2.75) is 37.8 Å². The fourth-order valence-electron chi connectivity index (χ4n) is 3.01. The first-order valence-electron chi connectivity index (χ1n) is 7.15. The molecular weight excluding hydrogens is 250 g/mol. The normalized spacial score (nSPS) is 17.4. The molecule has 1 aromatic carbocycles. The molecule has 0 spiro atoms. The third kappa shape index (κ3) is 2.51. The van der Waals surface area contributed by atoms with Crippen LogP contribution in [0.25, 0.3) is 10.9 Å². The number of carbonyl (C=O) groups excluding carboxylic acids is 1. The third-order valence-corrected chi connectivity index (χ3v) is 4.02. The highest BCUT2D eigenvalue weighted by molar-refractivity contribution is 5.89. The standard InChI is InChI=1S/C16H19N3O/c17-16(20)15(19-12-7-1-2-8-12)13-9-3-5-11-6-4-10-18-14(11)13/h3-6,9-10,12,15,19H,1-2,7-8H2,(H2,17,20). The van der Waals surface area contributed by atoms with E-state index in [1.807, 2.05) is 30.3 Å². The number of primary amides is 1. The van der Waals surface area contributed by atoms with Gasteiger partial charge in [0.25, 0.3) is 0 Å². The van der Waals surface area contributed by atoms with Gasteiger partial charge in [0, 0.05) is 23.2 Å². The molecule has 3 rings (SSSR count). The number of nitrogens with two attached hydrogens (primary N) is 1. The summed E-state index contributed by atoms with van der Waals surface area (Å²) in [5.74, 6) is -0.338. The van der Waals surface area contributed by atoms with Crippen molar-refractivity contribution in [1.82, 2.24) is 10.3 Å². The monoisotopic (exact) mass is 269 g/mol. The summed E-state index contributed by atoms with van der Waals surface area (Å²) in [7, 11) is 0. The molecule has 3 N–H and O–H groups in total. The van der Waals surface area contributed by atoms with Crippen LogP contribution in [0.4, 0.5) is 0 Å². The quantitative estimate of drug-likeness (QED) is 0.895. The molecule has 1 amide bonds. The van der Waals surface area contributed by atoms with Gasteiger partial charge >= 0.3 is 0 Å². The van der Waals surface area contributed by atoms with E-state index in [0.717, 1.165) is 29.3 Å². The Morgan fingerprint density at radius 2 is 2.00 bits per heavy atom. The van der Waals surface area contributed by atoms with E-state index in [9.17, 15) is 4.79 Å². The minimum absolute atomic E-state index is 0.338. The summed E-state index contributed by atoms with van der Waals surface area (Å²) in [4.78, 5) is 16.3. The number of amides is 1. The Bertz CT molecular complexity index is 615. The average Bonchev–Trinajstić information content (AvgIpc) is 2.97. The van der Waals surface area contributed by atoms with Crippen molar-refractivity contribution in [2.75, 3.05) is 0 Å². The Hall–Kier alpha value is -1.94. The van der Waals surface area contributed by atoms with E-state index in [2.05, 4.69) is 10.3 Å². The van der Waals surface area contributed by atoms with Crippen LogP contribution < -0.4 is 11.1 Å². The molecule has 1 fully saturated rings. The Labute approximate surface area is 118 Å². The molecule has 0 bridgehead atoms. The molecule has 4 heteroatoms. The lowest BCUT2D eigenvalue weighted by Crippen LogP contribution is -2.39. The molecule has 1 atom stereocenters. The van der Waals surface area contributed by atoms with Gasteiger partial charge in [0.15, 0.2) is 0 Å². The van der Waals surface area contributed by atoms with E-state index in [1.54, 1.807) is 6.20 Å². The van der Waals surface area contributed by atoms with Crippen molar-refractivity contribution < 1.29 is 4.79 Å². The van der Waals surface area contributed by atoms with Crippen molar-refractivity contribution in [1.29, 1.82) is 0 Å². The Balaban J connectivity index is 1.98. The second-order valence-corrected chi connectivity index (χ2v) is 5.41. The Morgan fingerprint density at radius 1 is 1.25 bits per heavy atom. The minimum atomic E-state index is -0.461. The SMILES string of the molecule is NC(=O)C(NC1CCCC1)c1cccc2cccnc12. The highest BCUT2D eigenvalue weighted by atomic mass is 16.1. The van der Waals surface area contributed by atoms with Crippen molar-refractivity contribution in [3.05, 3.63) is 42.1 Å². The summed E-state index contributed by atoms with van der Waals surface area (Å²) in [5.41, 5.74) is 7.34. The molecule has 0 saturated heterocycles. The summed E-state index contributed by atoms with van der Waals surface area (Å²) < 4.78 is 0. The smallest absolute Gasteiger partial charge is 0.239 e. The van der Waals surface area contributed by atoms with Crippen LogP contribution in [0.1, 0.15) is 37.3 Å². The van der Waals surface area contributed by atoms with E-state index in [0.29, 0.717) is 6.04 Å². The topological polar surface area (TPSA) is 68.0 Å². The zero-order chi connectivity index (χ0) is 13.9. The largest absolute Gasteiger partial charge is 0.368 e. The zero-order valence-corrected chi connectivity index (χ0v) is 11.4. The number of nitrogens with one attached hydrogen (secondary N) is 1. The highest BCUT2D eigenvalue weighted by Crippen LogP contribution is 2.26. The van der Waals surface area contributed by atoms with Crippen LogP contribution in [-0.4, -0.2) is 16.9 Å². The van der Waals surface area contributed by atoms with Crippen LogP contribution in [0.5, 0.6) is 0 Å². The fraction of sp³-hybridized carbons (Fsp3) is 0.375. The number of fused-ring (bicyclic) bond motifs is 1. The number of rotatable bonds is 4. The van der Waals surface area contributed by atoms with Gasteiger partial charge in [0.2, 0.25) is 5.91 Å². The predicted octanol–water partition coefficient (Wildman–Crippen LogP) is 2.29. The molecule has 1 saturated carbocycles. The number of benzene rings is 1.